The summed E-state index contributed by atoms with van der Waals surface area (Å²) in [7, 11) is 0. The molecule has 1 saturated heterocycles. The molecule has 1 atom stereocenters. The van der Waals surface area contributed by atoms with Gasteiger partial charge >= 0.3 is 0 Å². The van der Waals surface area contributed by atoms with Gasteiger partial charge in [0, 0.05) is 25.8 Å². The Kier molecular flexibility index (Phi) is 3.39. The second-order valence-electron chi connectivity index (χ2n) is 6.28. The number of hydrogen-bond acceptors (Lipinski definition) is 5. The molecule has 1 aliphatic rings. The van der Waals surface area contributed by atoms with Crippen molar-refractivity contribution in [3.05, 3.63) is 47.7 Å². The summed E-state index contributed by atoms with van der Waals surface area (Å²) in [6.45, 7) is 6.52. The van der Waals surface area contributed by atoms with E-state index in [0.717, 1.165) is 25.3 Å². The number of fused-ring (bicyclic) bond motifs is 1. The van der Waals surface area contributed by atoms with Crippen LogP contribution in [0.3, 0.4) is 0 Å². The molecule has 0 radical (unpaired) electrons. The highest BCUT2D eigenvalue weighted by atomic mass is 16.3. The summed E-state index contributed by atoms with van der Waals surface area (Å²) in [6.07, 6.45) is 5.29. The lowest BCUT2D eigenvalue weighted by Gasteiger charge is -2.38. The molecule has 3 aromatic rings. The normalized spacial score (nSPS) is 17.5. The molecule has 4 heterocycles. The Labute approximate surface area is 134 Å². The third-order valence-corrected chi connectivity index (χ3v) is 4.46. The number of likely N-dealkylation sites (tertiary alicyclic amines) is 1. The Bertz CT molecular complexity index is 830. The highest BCUT2D eigenvalue weighted by Gasteiger charge is 2.30. The number of rotatable bonds is 4. The Morgan fingerprint density at radius 1 is 1.39 bits per heavy atom. The number of aliphatic hydroxyl groups is 1. The number of pyridine rings is 1. The van der Waals surface area contributed by atoms with E-state index in [2.05, 4.69) is 49.8 Å². The van der Waals surface area contributed by atoms with Gasteiger partial charge in [0.2, 0.25) is 0 Å². The number of aliphatic hydroxyl groups excluding tert-OH is 1. The van der Waals surface area contributed by atoms with Gasteiger partial charge in [-0.3, -0.25) is 4.90 Å². The van der Waals surface area contributed by atoms with Crippen molar-refractivity contribution in [1.82, 2.24) is 29.3 Å². The fourth-order valence-corrected chi connectivity index (χ4v) is 3.05. The molecule has 1 fully saturated rings. The van der Waals surface area contributed by atoms with Crippen LogP contribution in [0.4, 0.5) is 0 Å². The predicted molar refractivity (Wildman–Crippen MR) is 84.9 cm³/mol. The maximum Gasteiger partial charge on any atom is 0.139 e. The van der Waals surface area contributed by atoms with Crippen molar-refractivity contribution < 1.29 is 5.11 Å². The van der Waals surface area contributed by atoms with Gasteiger partial charge in [0.05, 0.1) is 30.2 Å². The van der Waals surface area contributed by atoms with E-state index in [0.29, 0.717) is 11.7 Å². The Morgan fingerprint density at radius 2 is 2.22 bits per heavy atom. The van der Waals surface area contributed by atoms with Gasteiger partial charge < -0.3 is 9.51 Å². The quantitative estimate of drug-likeness (QED) is 0.787. The first-order valence-electron chi connectivity index (χ1n) is 7.85. The highest BCUT2D eigenvalue weighted by molar-refractivity contribution is 5.48. The summed E-state index contributed by atoms with van der Waals surface area (Å²) in [5.41, 5.74) is 4.04. The lowest BCUT2D eigenvalue weighted by Crippen LogP contribution is -2.47. The second-order valence-corrected chi connectivity index (χ2v) is 6.28. The van der Waals surface area contributed by atoms with Gasteiger partial charge in [-0.25, -0.2) is 9.67 Å². The van der Waals surface area contributed by atoms with Crippen LogP contribution in [0.15, 0.2) is 30.7 Å². The Hall–Kier alpha value is -2.25. The molecule has 1 N–H and O–H groups in total. The van der Waals surface area contributed by atoms with Gasteiger partial charge in [-0.05, 0) is 25.5 Å². The average molecular weight is 312 g/mol. The minimum atomic E-state index is -0.568. The van der Waals surface area contributed by atoms with Crippen LogP contribution in [0.1, 0.15) is 36.0 Å². The van der Waals surface area contributed by atoms with Crippen LogP contribution in [-0.4, -0.2) is 47.5 Å². The summed E-state index contributed by atoms with van der Waals surface area (Å²) >= 11 is 0. The number of aromatic nitrogens is 5. The first-order chi connectivity index (χ1) is 11.1. The summed E-state index contributed by atoms with van der Waals surface area (Å²) < 4.78 is 4.01. The lowest BCUT2D eigenvalue weighted by atomic mass is 10.1. The van der Waals surface area contributed by atoms with Gasteiger partial charge in [0.1, 0.15) is 11.3 Å². The van der Waals surface area contributed by atoms with Crippen molar-refractivity contribution in [3.63, 3.8) is 0 Å². The molecule has 1 aliphatic heterocycles. The number of nitrogens with zero attached hydrogens (tertiary/aromatic N) is 6. The van der Waals surface area contributed by atoms with E-state index in [-0.39, 0.29) is 0 Å². The fraction of sp³-hybridized carbons (Fsp3) is 0.438. The van der Waals surface area contributed by atoms with E-state index in [1.165, 1.54) is 11.3 Å². The summed E-state index contributed by atoms with van der Waals surface area (Å²) in [4.78, 5) is 6.87. The summed E-state index contributed by atoms with van der Waals surface area (Å²) in [5, 5.41) is 17.6. The van der Waals surface area contributed by atoms with Crippen LogP contribution in [0, 0.1) is 6.92 Å². The molecular weight excluding hydrogens is 292 g/mol. The zero-order valence-electron chi connectivity index (χ0n) is 13.3. The van der Waals surface area contributed by atoms with Crippen molar-refractivity contribution >= 4 is 5.65 Å². The van der Waals surface area contributed by atoms with E-state index in [1.54, 1.807) is 6.92 Å². The van der Waals surface area contributed by atoms with E-state index in [9.17, 15) is 5.11 Å². The van der Waals surface area contributed by atoms with Crippen molar-refractivity contribution in [1.29, 1.82) is 0 Å². The van der Waals surface area contributed by atoms with Gasteiger partial charge in [0.15, 0.2) is 0 Å². The topological polar surface area (TPSA) is 71.5 Å². The highest BCUT2D eigenvalue weighted by Crippen LogP contribution is 2.24. The summed E-state index contributed by atoms with van der Waals surface area (Å²) in [6, 6.07) is 4.46. The molecule has 23 heavy (non-hydrogen) atoms. The van der Waals surface area contributed by atoms with E-state index < -0.39 is 6.10 Å². The molecule has 0 bridgehead atoms. The monoisotopic (exact) mass is 312 g/mol. The molecule has 0 saturated carbocycles. The van der Waals surface area contributed by atoms with Crippen LogP contribution in [0.2, 0.25) is 0 Å². The van der Waals surface area contributed by atoms with E-state index in [1.807, 2.05) is 17.1 Å². The number of imidazole rings is 1. The predicted octanol–water partition coefficient (Wildman–Crippen LogP) is 1.34. The standard InChI is InChI=1S/C16H20N6O/c1-11-4-3-5-21-13(6-17-16(11)21)7-20-8-14(9-20)22-10-15(12(2)23)18-19-22/h3-6,10,12,14,23H,7-9H2,1-2H3. The maximum atomic E-state index is 9.52. The van der Waals surface area contributed by atoms with E-state index in [4.69, 9.17) is 0 Å². The van der Waals surface area contributed by atoms with Crippen molar-refractivity contribution in [2.75, 3.05) is 13.1 Å². The summed E-state index contributed by atoms with van der Waals surface area (Å²) in [5.74, 6) is 0. The van der Waals surface area contributed by atoms with Crippen molar-refractivity contribution in [3.8, 4) is 0 Å². The first kappa shape index (κ1) is 14.3. The van der Waals surface area contributed by atoms with Crippen LogP contribution >= 0.6 is 0 Å². The molecule has 120 valence electrons. The van der Waals surface area contributed by atoms with E-state index >= 15 is 0 Å². The van der Waals surface area contributed by atoms with Crippen LogP contribution in [-0.2, 0) is 6.54 Å². The van der Waals surface area contributed by atoms with Crippen LogP contribution in [0.5, 0.6) is 0 Å². The van der Waals surface area contributed by atoms with Crippen molar-refractivity contribution in [2.45, 2.75) is 32.5 Å². The molecule has 1 unspecified atom stereocenters. The van der Waals surface area contributed by atoms with Crippen molar-refractivity contribution in [2.24, 2.45) is 0 Å². The van der Waals surface area contributed by atoms with Gasteiger partial charge in [0.25, 0.3) is 0 Å². The number of hydrogen-bond donors (Lipinski definition) is 1. The minimum absolute atomic E-state index is 0.330. The minimum Gasteiger partial charge on any atom is -0.387 e. The molecule has 0 aromatic carbocycles. The largest absolute Gasteiger partial charge is 0.387 e. The Balaban J connectivity index is 1.43. The van der Waals surface area contributed by atoms with Gasteiger partial charge in [-0.15, -0.1) is 5.10 Å². The molecule has 4 rings (SSSR count). The molecule has 3 aromatic heterocycles. The van der Waals surface area contributed by atoms with Crippen LogP contribution < -0.4 is 0 Å². The fourth-order valence-electron chi connectivity index (χ4n) is 3.05. The smallest absolute Gasteiger partial charge is 0.139 e. The number of aryl methyl sites for hydroxylation is 1. The van der Waals surface area contributed by atoms with Gasteiger partial charge in [-0.1, -0.05) is 11.3 Å². The zero-order valence-corrected chi connectivity index (χ0v) is 13.3. The molecule has 7 heteroatoms. The third kappa shape index (κ3) is 2.51. The third-order valence-electron chi connectivity index (χ3n) is 4.46. The molecular formula is C16H20N6O. The lowest BCUT2D eigenvalue weighted by molar-refractivity contribution is 0.0879. The second kappa shape index (κ2) is 5.43. The molecule has 0 spiro atoms. The average Bonchev–Trinajstić information content (AvgIpc) is 3.10. The molecule has 0 aliphatic carbocycles. The zero-order chi connectivity index (χ0) is 16.0. The SMILES string of the molecule is Cc1cccn2c(CN3CC(n4cc(C(C)O)nn4)C3)cnc12. The molecule has 7 nitrogen and oxygen atoms in total. The van der Waals surface area contributed by atoms with Gasteiger partial charge in [-0.2, -0.15) is 0 Å². The maximum absolute atomic E-state index is 9.52. The molecule has 0 amide bonds. The van der Waals surface area contributed by atoms with Crippen LogP contribution in [0.25, 0.3) is 5.65 Å². The Morgan fingerprint density at radius 3 is 2.96 bits per heavy atom. The first-order valence-corrected chi connectivity index (χ1v) is 7.85.